The van der Waals surface area contributed by atoms with Crippen LogP contribution in [0, 0.1) is 23.7 Å². The molecule has 10 rings (SSSR count). The lowest BCUT2D eigenvalue weighted by molar-refractivity contribution is -0.150. The fraction of sp³-hybridized carbons (Fsp3) is 0.603. The summed E-state index contributed by atoms with van der Waals surface area (Å²) in [4.78, 5) is 37.1. The second-order valence-corrected chi connectivity index (χ2v) is 21.7. The summed E-state index contributed by atoms with van der Waals surface area (Å²) in [5.41, 5.74) is -0.312. The van der Waals surface area contributed by atoms with Gasteiger partial charge < -0.3 is 24.3 Å². The first kappa shape index (κ1) is 57.1. The summed E-state index contributed by atoms with van der Waals surface area (Å²) in [6, 6.07) is 17.4. The van der Waals surface area contributed by atoms with Gasteiger partial charge in [-0.3, -0.25) is 19.3 Å². The first-order valence-corrected chi connectivity index (χ1v) is 26.6. The van der Waals surface area contributed by atoms with Gasteiger partial charge in [0.1, 0.15) is 22.6 Å². The van der Waals surface area contributed by atoms with E-state index in [0.29, 0.717) is 47.5 Å². The number of nitrogens with one attached hydrogen (secondary N) is 1. The first-order chi connectivity index (χ1) is 34.9. The molecule has 4 bridgehead atoms. The molecule has 4 saturated heterocycles. The van der Waals surface area contributed by atoms with Crippen molar-refractivity contribution in [1.29, 1.82) is 0 Å². The van der Waals surface area contributed by atoms with Gasteiger partial charge in [-0.25, -0.2) is 0 Å². The predicted molar refractivity (Wildman–Crippen MR) is 276 cm³/mol. The van der Waals surface area contributed by atoms with Crippen molar-refractivity contribution in [2.75, 3.05) is 14.2 Å². The van der Waals surface area contributed by atoms with Crippen LogP contribution >= 0.6 is 12.4 Å². The molecule has 4 atom stereocenters. The van der Waals surface area contributed by atoms with Crippen LogP contribution in [-0.2, 0) is 38.0 Å². The number of carbonyl (C=O) groups excluding carboxylic acids is 3. The molecule has 1 N–H and O–H groups in total. The van der Waals surface area contributed by atoms with Crippen molar-refractivity contribution < 1.29 is 59.7 Å². The quantitative estimate of drug-likeness (QED) is 0.0997. The number of nitrogens with zero attached hydrogens (tertiary/aromatic N) is 1. The van der Waals surface area contributed by atoms with Crippen LogP contribution in [0.1, 0.15) is 156 Å². The number of benzene rings is 4. The Bertz CT molecular complexity index is 2520. The van der Waals surface area contributed by atoms with Crippen molar-refractivity contribution in [2.45, 2.75) is 185 Å². The zero-order valence-electron chi connectivity index (χ0n) is 43.0. The van der Waals surface area contributed by atoms with E-state index in [-0.39, 0.29) is 88.3 Å². The van der Waals surface area contributed by atoms with Gasteiger partial charge in [0.05, 0.1) is 38.3 Å². The number of rotatable bonds is 9. The van der Waals surface area contributed by atoms with Crippen LogP contribution in [0.25, 0.3) is 21.5 Å². The van der Waals surface area contributed by atoms with Crippen molar-refractivity contribution in [3.63, 3.8) is 0 Å². The molecule has 9 nitrogen and oxygen atoms in total. The zero-order valence-corrected chi connectivity index (χ0v) is 43.9. The maximum Gasteiger partial charge on any atom is 0.420 e. The number of fused-ring (bicyclic) bond motifs is 6. The summed E-state index contributed by atoms with van der Waals surface area (Å²) in [6.45, 7) is 4.91. The van der Waals surface area contributed by atoms with Crippen LogP contribution in [0.3, 0.4) is 0 Å². The lowest BCUT2D eigenvalue weighted by Gasteiger charge is -2.48. The summed E-state index contributed by atoms with van der Waals surface area (Å²) in [5.74, 6) is 0.904. The normalized spacial score (nSPS) is 28.0. The monoisotopic (exact) mass is 1060 g/mol. The molecule has 0 aromatic heterocycles. The third kappa shape index (κ3) is 13.7. The summed E-state index contributed by atoms with van der Waals surface area (Å²) >= 11 is 0. The highest BCUT2D eigenvalue weighted by atomic mass is 35.5. The van der Waals surface area contributed by atoms with Gasteiger partial charge in [0, 0.05) is 36.3 Å². The van der Waals surface area contributed by atoms with E-state index >= 15 is 0 Å². The van der Waals surface area contributed by atoms with Crippen LogP contribution in [0.5, 0.6) is 11.5 Å². The molecule has 4 aliphatic heterocycles. The van der Waals surface area contributed by atoms with Crippen molar-refractivity contribution in [3.8, 4) is 11.5 Å². The molecule has 2 saturated carbocycles. The van der Waals surface area contributed by atoms with E-state index in [1.807, 2.05) is 6.07 Å². The van der Waals surface area contributed by atoms with E-state index in [1.165, 1.54) is 69.9 Å². The Labute approximate surface area is 437 Å². The Balaban J connectivity index is 0.000000180. The highest BCUT2D eigenvalue weighted by Crippen LogP contribution is 2.46. The number of methoxy groups -OCH3 is 2. The van der Waals surface area contributed by atoms with E-state index in [0.717, 1.165) is 102 Å². The standard InChI is InChI=1S/C29H36F3NO3.C19H19F3O2.C10H17NO2.ClH/c1-18-9-11-23(12-10-18)36-26-14-13-24-19(5-3-8-25(24)27(26)29(30,31)32)17-33-21-6-4-7-22(33)16-20(15-21)28(34)35-2;1-12-5-7-14(8-6-12)24-17-10-9-15-13(11-23)3-2-4-16(15)18(17)19(20,21)22;1-13-10(12)7-5-8-3-2-4-9(6-7)11-8;/h3,5,8,13-14,18,20-23H,4,6-7,9-12,15-17H2,1-2H3;2-4,9-12,14H,5-8H2,1H3;7-9,11H,2-6H2,1H3;1H. The molecule has 16 heteroatoms. The molecule has 0 amide bonds. The van der Waals surface area contributed by atoms with E-state index in [4.69, 9.17) is 18.9 Å². The molecule has 406 valence electrons. The number of aldehydes is 1. The van der Waals surface area contributed by atoms with Crippen LogP contribution < -0.4 is 14.8 Å². The molecule has 6 fully saturated rings. The number of alkyl halides is 6. The lowest BCUT2D eigenvalue weighted by atomic mass is 9.78. The molecule has 6 aliphatic rings. The SMILES string of the molecule is CC1CCC(Oc2ccc3c(C=O)cccc3c2C(F)(F)F)CC1.COC(=O)C1CC2CCCC(C1)N2.COC(=O)C1CC2CCCC(C1)N2Cc1cccc2c(C(F)(F)F)c(OC3CCC(C)CC3)ccc12.Cl. The molecule has 4 heterocycles. The fourth-order valence-corrected chi connectivity index (χ4v) is 12.8. The summed E-state index contributed by atoms with van der Waals surface area (Å²) in [5, 5.41) is 4.69. The molecule has 0 radical (unpaired) electrons. The molecule has 74 heavy (non-hydrogen) atoms. The second kappa shape index (κ2) is 25.0. The average Bonchev–Trinajstić information content (AvgIpc) is 3.36. The summed E-state index contributed by atoms with van der Waals surface area (Å²) in [6.07, 6.45) is 8.53. The van der Waals surface area contributed by atoms with Crippen molar-refractivity contribution >= 4 is 52.2 Å². The number of esters is 2. The van der Waals surface area contributed by atoms with Crippen molar-refractivity contribution in [1.82, 2.24) is 10.2 Å². The number of ether oxygens (including phenoxy) is 4. The largest absolute Gasteiger partial charge is 0.490 e. The van der Waals surface area contributed by atoms with Crippen LogP contribution in [0.2, 0.25) is 0 Å². The maximum atomic E-state index is 14.4. The van der Waals surface area contributed by atoms with Gasteiger partial charge in [0.25, 0.3) is 0 Å². The Morgan fingerprint density at radius 1 is 0.581 bits per heavy atom. The highest BCUT2D eigenvalue weighted by Gasteiger charge is 2.43. The summed E-state index contributed by atoms with van der Waals surface area (Å²) < 4.78 is 106. The van der Waals surface area contributed by atoms with Gasteiger partial charge in [-0.15, -0.1) is 12.4 Å². The molecule has 4 aromatic carbocycles. The topological polar surface area (TPSA) is 103 Å². The van der Waals surface area contributed by atoms with Gasteiger partial charge in [-0.05, 0) is 160 Å². The number of hydrogen-bond acceptors (Lipinski definition) is 9. The van der Waals surface area contributed by atoms with Crippen LogP contribution in [-0.4, -0.2) is 73.7 Å². The summed E-state index contributed by atoms with van der Waals surface area (Å²) in [7, 11) is 2.92. The third-order valence-electron chi connectivity index (χ3n) is 16.6. The Hall–Kier alpha value is -4.60. The smallest absolute Gasteiger partial charge is 0.420 e. The van der Waals surface area contributed by atoms with E-state index in [1.54, 1.807) is 18.2 Å². The Morgan fingerprint density at radius 3 is 1.50 bits per heavy atom. The number of hydrogen-bond donors (Lipinski definition) is 1. The fourth-order valence-electron chi connectivity index (χ4n) is 12.8. The van der Waals surface area contributed by atoms with E-state index < -0.39 is 23.5 Å². The van der Waals surface area contributed by atoms with Crippen LogP contribution in [0.15, 0.2) is 60.7 Å². The lowest BCUT2D eigenvalue weighted by Crippen LogP contribution is -2.52. The molecular formula is C58H73ClF6N2O7. The zero-order chi connectivity index (χ0) is 52.0. The van der Waals surface area contributed by atoms with E-state index in [2.05, 4.69) is 24.1 Å². The van der Waals surface area contributed by atoms with Crippen molar-refractivity contribution in [2.24, 2.45) is 23.7 Å². The number of carbonyl (C=O) groups is 3. The maximum absolute atomic E-state index is 14.4. The van der Waals surface area contributed by atoms with Gasteiger partial charge >= 0.3 is 24.3 Å². The highest BCUT2D eigenvalue weighted by molar-refractivity contribution is 6.00. The molecular weight excluding hydrogens is 986 g/mol. The molecule has 2 aliphatic carbocycles. The minimum Gasteiger partial charge on any atom is -0.490 e. The predicted octanol–water partition coefficient (Wildman–Crippen LogP) is 14.3. The second-order valence-electron chi connectivity index (χ2n) is 21.7. The van der Waals surface area contributed by atoms with Crippen LogP contribution in [0.4, 0.5) is 26.3 Å². The van der Waals surface area contributed by atoms with Crippen molar-refractivity contribution in [3.05, 3.63) is 82.9 Å². The average molecular weight is 1060 g/mol. The molecule has 0 spiro atoms. The Kier molecular flexibility index (Phi) is 19.3. The minimum atomic E-state index is -4.54. The third-order valence-corrected chi connectivity index (χ3v) is 16.6. The van der Waals surface area contributed by atoms with Gasteiger partial charge in [0.2, 0.25) is 0 Å². The van der Waals surface area contributed by atoms with Gasteiger partial charge in [-0.2, -0.15) is 26.3 Å². The number of halogens is 7. The van der Waals surface area contributed by atoms with Gasteiger partial charge in [0.15, 0.2) is 6.29 Å². The van der Waals surface area contributed by atoms with E-state index in [9.17, 15) is 40.7 Å². The molecule has 4 unspecified atom stereocenters. The Morgan fingerprint density at radius 2 is 1.03 bits per heavy atom. The number of piperidine rings is 4. The first-order valence-electron chi connectivity index (χ1n) is 26.6. The minimum absolute atomic E-state index is 0. The van der Waals surface area contributed by atoms with Gasteiger partial charge in [-0.1, -0.05) is 69.2 Å². The molecule has 4 aromatic rings.